The Morgan fingerprint density at radius 2 is 2.05 bits per heavy atom. The molecule has 1 atom stereocenters. The molecule has 0 saturated heterocycles. The van der Waals surface area contributed by atoms with Crippen LogP contribution >= 0.6 is 22.6 Å². The summed E-state index contributed by atoms with van der Waals surface area (Å²) in [4.78, 5) is 23.0. The molecule has 5 heteroatoms. The Balaban J connectivity index is 2.12. The normalized spacial score (nSPS) is 18.1. The molecule has 4 nitrogen and oxygen atoms in total. The highest BCUT2D eigenvalue weighted by atomic mass is 127. The summed E-state index contributed by atoms with van der Waals surface area (Å²) in [6.45, 7) is 0. The first-order chi connectivity index (χ1) is 9.06. The van der Waals surface area contributed by atoms with E-state index in [1.165, 1.54) is 6.07 Å². The Morgan fingerprint density at radius 1 is 1.26 bits per heavy atom. The van der Waals surface area contributed by atoms with Crippen LogP contribution in [0.15, 0.2) is 30.4 Å². The van der Waals surface area contributed by atoms with E-state index in [2.05, 4.69) is 11.4 Å². The summed E-state index contributed by atoms with van der Waals surface area (Å²) in [7, 11) is 0. The molecule has 0 heterocycles. The molecule has 0 spiro atoms. The first-order valence-corrected chi connectivity index (χ1v) is 7.14. The first kappa shape index (κ1) is 14.0. The van der Waals surface area contributed by atoms with Gasteiger partial charge >= 0.3 is 5.97 Å². The van der Waals surface area contributed by atoms with Crippen LogP contribution in [0.1, 0.15) is 29.6 Å². The molecule has 2 N–H and O–H groups in total. The van der Waals surface area contributed by atoms with E-state index >= 15 is 0 Å². The molecular weight excluding hydrogens is 357 g/mol. The minimum Gasteiger partial charge on any atom is -0.478 e. The van der Waals surface area contributed by atoms with Crippen molar-refractivity contribution in [1.29, 1.82) is 0 Å². The number of hydrogen-bond donors (Lipinski definition) is 2. The molecule has 2 rings (SSSR count). The Kier molecular flexibility index (Phi) is 4.57. The Bertz CT molecular complexity index is 539. The van der Waals surface area contributed by atoms with Crippen molar-refractivity contribution in [3.05, 3.63) is 39.5 Å². The summed E-state index contributed by atoms with van der Waals surface area (Å²) in [5.74, 6) is -1.05. The number of halogens is 1. The topological polar surface area (TPSA) is 66.4 Å². The molecular formula is C14H14INO3. The number of carboxylic acids is 1. The zero-order chi connectivity index (χ0) is 13.8. The van der Waals surface area contributed by atoms with Gasteiger partial charge in [-0.15, -0.1) is 0 Å². The van der Waals surface area contributed by atoms with Gasteiger partial charge in [0.2, 0.25) is 5.91 Å². The lowest BCUT2D eigenvalue weighted by Crippen LogP contribution is -2.23. The molecule has 1 aromatic carbocycles. The third kappa shape index (κ3) is 3.79. The second kappa shape index (κ2) is 6.18. The summed E-state index contributed by atoms with van der Waals surface area (Å²) >= 11 is 2.04. The highest BCUT2D eigenvalue weighted by molar-refractivity contribution is 14.1. The number of hydrogen-bond acceptors (Lipinski definition) is 2. The number of allylic oxidation sites excluding steroid dienone is 2. The number of amides is 1. The van der Waals surface area contributed by atoms with Crippen molar-refractivity contribution < 1.29 is 14.7 Å². The second-order valence-electron chi connectivity index (χ2n) is 4.50. The lowest BCUT2D eigenvalue weighted by molar-refractivity contribution is -0.120. The van der Waals surface area contributed by atoms with Gasteiger partial charge in [-0.1, -0.05) is 12.2 Å². The maximum absolute atomic E-state index is 12.1. The van der Waals surface area contributed by atoms with E-state index in [0.29, 0.717) is 5.69 Å². The van der Waals surface area contributed by atoms with Gasteiger partial charge in [0.1, 0.15) is 0 Å². The van der Waals surface area contributed by atoms with Gasteiger partial charge in [0, 0.05) is 15.2 Å². The smallest absolute Gasteiger partial charge is 0.335 e. The van der Waals surface area contributed by atoms with Gasteiger partial charge in [-0.3, -0.25) is 4.79 Å². The number of aromatic carboxylic acids is 1. The maximum atomic E-state index is 12.1. The van der Waals surface area contributed by atoms with E-state index in [9.17, 15) is 9.59 Å². The van der Waals surface area contributed by atoms with Crippen LogP contribution in [0.2, 0.25) is 0 Å². The second-order valence-corrected chi connectivity index (χ2v) is 5.75. The molecule has 1 unspecified atom stereocenters. The molecule has 1 aliphatic rings. The van der Waals surface area contributed by atoms with Gasteiger partial charge in [-0.05, 0) is 60.1 Å². The summed E-state index contributed by atoms with van der Waals surface area (Å²) in [5, 5.41) is 11.8. The molecule has 0 fully saturated rings. The number of carboxylic acid groups (broad SMARTS) is 1. The molecule has 100 valence electrons. The standard InChI is InChI=1S/C14H14INO3/c15-11-6-10(14(18)19)7-12(8-11)16-13(17)9-4-2-1-3-5-9/h1-2,6-9H,3-5H2,(H,16,17)(H,18,19). The molecule has 0 radical (unpaired) electrons. The van der Waals surface area contributed by atoms with Crippen LogP contribution in [0.3, 0.4) is 0 Å². The van der Waals surface area contributed by atoms with Gasteiger partial charge in [-0.2, -0.15) is 0 Å². The van der Waals surface area contributed by atoms with Crippen LogP contribution in [0.4, 0.5) is 5.69 Å². The predicted molar refractivity (Wildman–Crippen MR) is 81.2 cm³/mol. The van der Waals surface area contributed by atoms with Crippen molar-refractivity contribution in [3.63, 3.8) is 0 Å². The summed E-state index contributed by atoms with van der Waals surface area (Å²) in [6.07, 6.45) is 6.62. The summed E-state index contributed by atoms with van der Waals surface area (Å²) in [6, 6.07) is 4.83. The van der Waals surface area contributed by atoms with Crippen molar-refractivity contribution in [2.75, 3.05) is 5.32 Å². The van der Waals surface area contributed by atoms with E-state index in [1.807, 2.05) is 28.7 Å². The SMILES string of the molecule is O=C(O)c1cc(I)cc(NC(=O)C2CC=CCC2)c1. The van der Waals surface area contributed by atoms with Gasteiger partial charge in [0.05, 0.1) is 5.56 Å². The van der Waals surface area contributed by atoms with Crippen molar-refractivity contribution >= 4 is 40.2 Å². The molecule has 0 saturated carbocycles. The maximum Gasteiger partial charge on any atom is 0.335 e. The Labute approximate surface area is 125 Å². The highest BCUT2D eigenvalue weighted by Crippen LogP contribution is 2.22. The predicted octanol–water partition coefficient (Wildman–Crippen LogP) is 3.28. The van der Waals surface area contributed by atoms with Crippen LogP contribution in [0.25, 0.3) is 0 Å². The average molecular weight is 371 g/mol. The lowest BCUT2D eigenvalue weighted by Gasteiger charge is -2.17. The fourth-order valence-electron chi connectivity index (χ4n) is 2.06. The molecule has 0 aromatic heterocycles. The van der Waals surface area contributed by atoms with Gasteiger partial charge in [0.25, 0.3) is 0 Å². The zero-order valence-corrected chi connectivity index (χ0v) is 12.4. The van der Waals surface area contributed by atoms with Crippen molar-refractivity contribution in [3.8, 4) is 0 Å². The number of carbonyl (C=O) groups excluding carboxylic acids is 1. The zero-order valence-electron chi connectivity index (χ0n) is 10.2. The van der Waals surface area contributed by atoms with E-state index in [1.54, 1.807) is 12.1 Å². The molecule has 1 amide bonds. The number of nitrogens with one attached hydrogen (secondary N) is 1. The number of carbonyl (C=O) groups is 2. The quantitative estimate of drug-likeness (QED) is 0.633. The van der Waals surface area contributed by atoms with Crippen LogP contribution in [0, 0.1) is 9.49 Å². The van der Waals surface area contributed by atoms with Crippen LogP contribution in [-0.4, -0.2) is 17.0 Å². The monoisotopic (exact) mass is 371 g/mol. The van der Waals surface area contributed by atoms with Crippen LogP contribution in [0.5, 0.6) is 0 Å². The van der Waals surface area contributed by atoms with E-state index in [0.717, 1.165) is 22.8 Å². The van der Waals surface area contributed by atoms with Crippen molar-refractivity contribution in [2.24, 2.45) is 5.92 Å². The molecule has 1 aliphatic carbocycles. The summed E-state index contributed by atoms with van der Waals surface area (Å²) in [5.41, 5.74) is 0.731. The van der Waals surface area contributed by atoms with Crippen molar-refractivity contribution in [1.82, 2.24) is 0 Å². The fraction of sp³-hybridized carbons (Fsp3) is 0.286. The molecule has 19 heavy (non-hydrogen) atoms. The van der Waals surface area contributed by atoms with Crippen LogP contribution < -0.4 is 5.32 Å². The van der Waals surface area contributed by atoms with E-state index in [-0.39, 0.29) is 17.4 Å². The van der Waals surface area contributed by atoms with E-state index in [4.69, 9.17) is 5.11 Å². The third-order valence-corrected chi connectivity index (χ3v) is 3.67. The highest BCUT2D eigenvalue weighted by Gasteiger charge is 2.19. The molecule has 1 aromatic rings. The third-order valence-electron chi connectivity index (χ3n) is 3.05. The summed E-state index contributed by atoms with van der Waals surface area (Å²) < 4.78 is 0.788. The lowest BCUT2D eigenvalue weighted by atomic mass is 9.93. The van der Waals surface area contributed by atoms with Gasteiger partial charge in [-0.25, -0.2) is 4.79 Å². The first-order valence-electron chi connectivity index (χ1n) is 6.06. The van der Waals surface area contributed by atoms with Crippen molar-refractivity contribution in [2.45, 2.75) is 19.3 Å². The van der Waals surface area contributed by atoms with E-state index < -0.39 is 5.97 Å². The Hall–Kier alpha value is -1.37. The minimum absolute atomic E-state index is 0.0175. The largest absolute Gasteiger partial charge is 0.478 e. The average Bonchev–Trinajstić information content (AvgIpc) is 2.39. The van der Waals surface area contributed by atoms with Gasteiger partial charge in [0.15, 0.2) is 0 Å². The fourth-order valence-corrected chi connectivity index (χ4v) is 2.73. The number of benzene rings is 1. The van der Waals surface area contributed by atoms with Crippen LogP contribution in [-0.2, 0) is 4.79 Å². The Morgan fingerprint density at radius 3 is 2.68 bits per heavy atom. The molecule has 0 bridgehead atoms. The molecule has 0 aliphatic heterocycles. The van der Waals surface area contributed by atoms with Gasteiger partial charge < -0.3 is 10.4 Å². The number of anilines is 1. The number of rotatable bonds is 3. The minimum atomic E-state index is -0.991.